The van der Waals surface area contributed by atoms with Crippen molar-refractivity contribution in [3.8, 4) is 0 Å². The summed E-state index contributed by atoms with van der Waals surface area (Å²) >= 11 is 6.15. The number of ether oxygens (including phenoxy) is 1. The minimum absolute atomic E-state index is 0.00776. The molecule has 5 atom stereocenters. The van der Waals surface area contributed by atoms with E-state index in [0.29, 0.717) is 23.6 Å². The second kappa shape index (κ2) is 7.02. The summed E-state index contributed by atoms with van der Waals surface area (Å²) in [7, 11) is 1.52. The zero-order chi connectivity index (χ0) is 20.1. The average molecular weight is 408 g/mol. The van der Waals surface area contributed by atoms with Gasteiger partial charge in [-0.15, -0.1) is 0 Å². The zero-order valence-corrected chi connectivity index (χ0v) is 16.1. The maximum atomic E-state index is 13.2. The number of carbonyl (C=O) groups is 3. The molecule has 3 aliphatic heterocycles. The maximum absolute atomic E-state index is 13.2. The van der Waals surface area contributed by atoms with Crippen LogP contribution in [0.25, 0.3) is 0 Å². The summed E-state index contributed by atoms with van der Waals surface area (Å²) in [5.41, 5.74) is -0.639. The summed E-state index contributed by atoms with van der Waals surface area (Å²) < 4.78 is 6.17. The maximum Gasteiger partial charge on any atom is 0.250 e. The van der Waals surface area contributed by atoms with Crippen molar-refractivity contribution in [2.24, 2.45) is 11.8 Å². The van der Waals surface area contributed by atoms with E-state index in [1.807, 2.05) is 0 Å². The van der Waals surface area contributed by atoms with Gasteiger partial charge in [-0.3, -0.25) is 14.4 Å². The number of nitrogens with one attached hydrogen (secondary N) is 2. The number of para-hydroxylation sites is 1. The molecule has 0 aliphatic carbocycles. The Morgan fingerprint density at radius 3 is 2.79 bits per heavy atom. The van der Waals surface area contributed by atoms with Crippen LogP contribution in [-0.2, 0) is 19.1 Å². The minimum atomic E-state index is -1.07. The van der Waals surface area contributed by atoms with Gasteiger partial charge in [0.25, 0.3) is 0 Å². The number of anilines is 1. The van der Waals surface area contributed by atoms with Crippen molar-refractivity contribution in [1.82, 2.24) is 10.2 Å². The van der Waals surface area contributed by atoms with Crippen LogP contribution in [0.1, 0.15) is 12.8 Å². The number of rotatable bonds is 5. The molecule has 3 aliphatic rings. The lowest BCUT2D eigenvalue weighted by atomic mass is 9.70. The predicted octanol–water partition coefficient (Wildman–Crippen LogP) is 0.391. The smallest absolute Gasteiger partial charge is 0.250 e. The number of nitrogens with zero attached hydrogens (tertiary/aromatic N) is 1. The van der Waals surface area contributed by atoms with Crippen molar-refractivity contribution >= 4 is 35.0 Å². The molecule has 9 heteroatoms. The summed E-state index contributed by atoms with van der Waals surface area (Å²) in [5.74, 6) is -2.40. The van der Waals surface area contributed by atoms with E-state index >= 15 is 0 Å². The molecule has 0 saturated carbocycles. The van der Waals surface area contributed by atoms with Gasteiger partial charge in [0, 0.05) is 13.6 Å². The van der Waals surface area contributed by atoms with Crippen LogP contribution in [0.3, 0.4) is 0 Å². The molecule has 8 nitrogen and oxygen atoms in total. The molecule has 3 N–H and O–H groups in total. The molecular weight excluding hydrogens is 386 g/mol. The van der Waals surface area contributed by atoms with Gasteiger partial charge in [0.15, 0.2) is 0 Å². The van der Waals surface area contributed by atoms with Gasteiger partial charge < -0.3 is 25.4 Å². The molecule has 3 amide bonds. The molecule has 28 heavy (non-hydrogen) atoms. The number of amides is 3. The molecule has 3 fully saturated rings. The third kappa shape index (κ3) is 2.62. The monoisotopic (exact) mass is 407 g/mol. The Balaban J connectivity index is 1.71. The van der Waals surface area contributed by atoms with Crippen LogP contribution in [-0.4, -0.2) is 65.7 Å². The lowest BCUT2D eigenvalue weighted by molar-refractivity contribution is -0.141. The minimum Gasteiger partial charge on any atom is -0.395 e. The van der Waals surface area contributed by atoms with Crippen LogP contribution < -0.4 is 10.6 Å². The first-order valence-corrected chi connectivity index (χ1v) is 9.68. The molecule has 3 saturated heterocycles. The molecule has 1 aromatic carbocycles. The Kier molecular flexibility index (Phi) is 4.81. The Labute approximate surface area is 167 Å². The molecule has 0 radical (unpaired) electrons. The van der Waals surface area contributed by atoms with Crippen LogP contribution in [0.15, 0.2) is 24.3 Å². The van der Waals surface area contributed by atoms with Gasteiger partial charge in [-0.2, -0.15) is 0 Å². The second-order valence-corrected chi connectivity index (χ2v) is 7.80. The molecule has 0 aromatic heterocycles. The fraction of sp³-hybridized carbons (Fsp3) is 0.526. The fourth-order valence-electron chi connectivity index (χ4n) is 5.03. The van der Waals surface area contributed by atoms with E-state index in [2.05, 4.69) is 10.6 Å². The number of aliphatic hydroxyl groups excluding tert-OH is 1. The Morgan fingerprint density at radius 1 is 1.36 bits per heavy atom. The quantitative estimate of drug-likeness (QED) is 0.654. The van der Waals surface area contributed by atoms with Gasteiger partial charge >= 0.3 is 0 Å². The number of fused-ring (bicyclic) bond motifs is 1. The van der Waals surface area contributed by atoms with Crippen molar-refractivity contribution in [2.75, 3.05) is 25.5 Å². The predicted molar refractivity (Wildman–Crippen MR) is 101 cm³/mol. The van der Waals surface area contributed by atoms with E-state index in [1.54, 1.807) is 24.3 Å². The summed E-state index contributed by atoms with van der Waals surface area (Å²) in [6, 6.07) is 5.88. The van der Waals surface area contributed by atoms with Gasteiger partial charge in [-0.05, 0) is 25.0 Å². The molecule has 4 rings (SSSR count). The first-order valence-electron chi connectivity index (χ1n) is 9.30. The summed E-state index contributed by atoms with van der Waals surface area (Å²) in [5, 5.41) is 15.2. The Morgan fingerprint density at radius 2 is 2.11 bits per heavy atom. The standard InChI is InChI=1S/C19H22ClN3O5/c1-21-16(25)13-12-6-7-19(28-12)14(13)18(27)23(8-9-24)15(19)17(26)22-11-5-3-2-4-10(11)20/h2-5,12-15,24H,6-9H2,1H3,(H,21,25)(H,22,26)/t12-,13+,14+,15?,19?/m1/s1. The second-order valence-electron chi connectivity index (χ2n) is 7.39. The molecule has 3 heterocycles. The lowest BCUT2D eigenvalue weighted by Crippen LogP contribution is -2.53. The Hall–Kier alpha value is -2.16. The zero-order valence-electron chi connectivity index (χ0n) is 15.4. The molecular formula is C19H22ClN3O5. The van der Waals surface area contributed by atoms with Gasteiger partial charge in [0.2, 0.25) is 17.7 Å². The molecule has 2 bridgehead atoms. The number of carbonyl (C=O) groups excluding carboxylic acids is 3. The average Bonchev–Trinajstić information content (AvgIpc) is 3.31. The molecule has 1 spiro atoms. The number of hydrogen-bond acceptors (Lipinski definition) is 5. The van der Waals surface area contributed by atoms with E-state index in [9.17, 15) is 19.5 Å². The van der Waals surface area contributed by atoms with E-state index in [0.717, 1.165) is 0 Å². The largest absolute Gasteiger partial charge is 0.395 e. The van der Waals surface area contributed by atoms with Crippen LogP contribution in [0.2, 0.25) is 5.02 Å². The van der Waals surface area contributed by atoms with Crippen LogP contribution in [0.5, 0.6) is 0 Å². The highest BCUT2D eigenvalue weighted by molar-refractivity contribution is 6.33. The first-order chi connectivity index (χ1) is 13.4. The molecule has 2 unspecified atom stereocenters. The summed E-state index contributed by atoms with van der Waals surface area (Å²) in [4.78, 5) is 40.2. The van der Waals surface area contributed by atoms with Crippen molar-refractivity contribution in [3.63, 3.8) is 0 Å². The number of aliphatic hydroxyl groups is 1. The lowest BCUT2D eigenvalue weighted by Gasteiger charge is -2.33. The number of hydrogen-bond donors (Lipinski definition) is 3. The third-order valence-corrected chi connectivity index (χ3v) is 6.40. The van der Waals surface area contributed by atoms with Crippen LogP contribution in [0, 0.1) is 11.8 Å². The van der Waals surface area contributed by atoms with E-state index in [1.165, 1.54) is 11.9 Å². The first kappa shape index (κ1) is 19.2. The topological polar surface area (TPSA) is 108 Å². The highest BCUT2D eigenvalue weighted by Crippen LogP contribution is 2.58. The van der Waals surface area contributed by atoms with Gasteiger partial charge in [0.1, 0.15) is 11.6 Å². The number of β-amino-alcohol motifs (C(OH)–C–C–N with tert-alkyl or cyclic N) is 1. The number of benzene rings is 1. The van der Waals surface area contributed by atoms with E-state index in [-0.39, 0.29) is 31.1 Å². The normalized spacial score (nSPS) is 33.1. The van der Waals surface area contributed by atoms with Crippen LogP contribution >= 0.6 is 11.6 Å². The van der Waals surface area contributed by atoms with Crippen molar-refractivity contribution in [1.29, 1.82) is 0 Å². The van der Waals surface area contributed by atoms with Gasteiger partial charge in [-0.1, -0.05) is 23.7 Å². The summed E-state index contributed by atoms with van der Waals surface area (Å²) in [6.07, 6.45) is 0.718. The van der Waals surface area contributed by atoms with Gasteiger partial charge in [-0.25, -0.2) is 0 Å². The molecule has 1 aromatic rings. The highest BCUT2D eigenvalue weighted by atomic mass is 35.5. The van der Waals surface area contributed by atoms with E-state index in [4.69, 9.17) is 16.3 Å². The van der Waals surface area contributed by atoms with Gasteiger partial charge in [0.05, 0.1) is 35.3 Å². The van der Waals surface area contributed by atoms with Crippen molar-refractivity contribution in [2.45, 2.75) is 30.6 Å². The highest BCUT2D eigenvalue weighted by Gasteiger charge is 2.74. The SMILES string of the molecule is CNC(=O)[C@@H]1[C@H]2C(=O)N(CCO)C(C(=O)Nc3ccccc3Cl)C23CC[C@H]1O3. The Bertz CT molecular complexity index is 834. The van der Waals surface area contributed by atoms with Crippen molar-refractivity contribution in [3.05, 3.63) is 29.3 Å². The van der Waals surface area contributed by atoms with Crippen molar-refractivity contribution < 1.29 is 24.2 Å². The summed E-state index contributed by atoms with van der Waals surface area (Å²) in [6.45, 7) is -0.301. The van der Waals surface area contributed by atoms with Crippen LogP contribution in [0.4, 0.5) is 5.69 Å². The van der Waals surface area contributed by atoms with E-state index < -0.39 is 29.4 Å². The molecule has 150 valence electrons. The fourth-order valence-corrected chi connectivity index (χ4v) is 5.22. The third-order valence-electron chi connectivity index (χ3n) is 6.07. The number of halogens is 1. The number of likely N-dealkylation sites (tertiary alicyclic amines) is 1.